The first-order chi connectivity index (χ1) is 16.0. The molecule has 0 radical (unpaired) electrons. The number of esters is 1. The zero-order valence-corrected chi connectivity index (χ0v) is 20.1. The summed E-state index contributed by atoms with van der Waals surface area (Å²) in [5, 5.41) is 0. The van der Waals surface area contributed by atoms with E-state index < -0.39 is 30.0 Å². The summed E-state index contributed by atoms with van der Waals surface area (Å²) in [7, 11) is -0.927. The van der Waals surface area contributed by atoms with Crippen LogP contribution in [0, 0.1) is 23.5 Å². The molecule has 1 heterocycles. The number of rotatable bonds is 6. The molecule has 0 aromatic heterocycles. The van der Waals surface area contributed by atoms with Crippen LogP contribution in [0.3, 0.4) is 0 Å². The lowest BCUT2D eigenvalue weighted by Crippen LogP contribution is -2.41. The number of hydrogen-bond acceptors (Lipinski definition) is 5. The van der Waals surface area contributed by atoms with E-state index >= 15 is 4.39 Å². The molecule has 0 spiro atoms. The maximum atomic E-state index is 15.3. The van der Waals surface area contributed by atoms with Gasteiger partial charge in [-0.05, 0) is 76.3 Å². The van der Waals surface area contributed by atoms with Gasteiger partial charge >= 0.3 is 13.1 Å². The van der Waals surface area contributed by atoms with E-state index in [1.165, 1.54) is 12.1 Å². The highest BCUT2D eigenvalue weighted by Crippen LogP contribution is 2.62. The van der Waals surface area contributed by atoms with Crippen molar-refractivity contribution in [1.82, 2.24) is 0 Å². The summed E-state index contributed by atoms with van der Waals surface area (Å²) in [6.07, 6.45) is 0.779. The molecule has 5 nitrogen and oxygen atoms in total. The molecule has 2 aromatic rings. The molecule has 3 atom stereocenters. The highest BCUT2D eigenvalue weighted by Gasteiger charge is 2.60. The molecule has 0 N–H and O–H groups in total. The molecule has 34 heavy (non-hydrogen) atoms. The third-order valence-corrected chi connectivity index (χ3v) is 7.76. The van der Waals surface area contributed by atoms with Gasteiger partial charge in [-0.3, -0.25) is 4.79 Å². The number of benzene rings is 2. The third-order valence-electron chi connectivity index (χ3n) is 7.76. The van der Waals surface area contributed by atoms with Crippen molar-refractivity contribution in [3.8, 4) is 5.75 Å². The smallest absolute Gasteiger partial charge is 0.489 e. The topological polar surface area (TPSA) is 54.0 Å². The SMILES string of the molecule is CCOC(=O)C1C2Cc3cc(OCc4c(F)ccc(B5OC(C)(C)C(C)(C)O5)c4F)ccc3C21. The number of fused-ring (bicyclic) bond motifs is 3. The molecule has 0 amide bonds. The van der Waals surface area contributed by atoms with Crippen molar-refractivity contribution in [1.29, 1.82) is 0 Å². The fourth-order valence-electron chi connectivity index (χ4n) is 5.10. The molecule has 0 bridgehead atoms. The first-order valence-corrected chi connectivity index (χ1v) is 11.8. The summed E-state index contributed by atoms with van der Waals surface area (Å²) in [6.45, 7) is 9.45. The van der Waals surface area contributed by atoms with Crippen LogP contribution in [0.15, 0.2) is 30.3 Å². The van der Waals surface area contributed by atoms with Crippen LogP contribution in [0.5, 0.6) is 5.75 Å². The Morgan fingerprint density at radius 2 is 1.82 bits per heavy atom. The second-order valence-electron chi connectivity index (χ2n) is 10.3. The molecule has 3 aliphatic rings. The zero-order valence-electron chi connectivity index (χ0n) is 20.1. The molecule has 1 saturated carbocycles. The average molecular weight is 470 g/mol. The highest BCUT2D eigenvalue weighted by atomic mass is 19.1. The summed E-state index contributed by atoms with van der Waals surface area (Å²) >= 11 is 0. The van der Waals surface area contributed by atoms with Crippen LogP contribution in [0.25, 0.3) is 0 Å². The van der Waals surface area contributed by atoms with Gasteiger partial charge in [0.2, 0.25) is 0 Å². The molecular weight excluding hydrogens is 441 g/mol. The Kier molecular flexibility index (Phi) is 5.52. The van der Waals surface area contributed by atoms with Crippen molar-refractivity contribution in [2.75, 3.05) is 6.61 Å². The molecule has 180 valence electrons. The molecule has 1 saturated heterocycles. The number of carbonyl (C=O) groups excluding carboxylic acids is 1. The van der Waals surface area contributed by atoms with Crippen molar-refractivity contribution in [2.24, 2.45) is 11.8 Å². The van der Waals surface area contributed by atoms with E-state index in [9.17, 15) is 9.18 Å². The van der Waals surface area contributed by atoms with Crippen LogP contribution >= 0.6 is 0 Å². The first kappa shape index (κ1) is 23.3. The fraction of sp³-hybridized carbons (Fsp3) is 0.500. The van der Waals surface area contributed by atoms with Crippen LogP contribution in [-0.4, -0.2) is 30.9 Å². The van der Waals surface area contributed by atoms with Crippen LogP contribution in [0.1, 0.15) is 57.2 Å². The van der Waals surface area contributed by atoms with Crippen LogP contribution in [0.2, 0.25) is 0 Å². The molecule has 2 aliphatic carbocycles. The summed E-state index contributed by atoms with van der Waals surface area (Å²) in [5.74, 6) is -0.579. The Hall–Kier alpha value is -2.45. The van der Waals surface area contributed by atoms with Crippen molar-refractivity contribution >= 4 is 18.6 Å². The lowest BCUT2D eigenvalue weighted by Gasteiger charge is -2.32. The summed E-state index contributed by atoms with van der Waals surface area (Å²) in [5.41, 5.74) is 0.963. The second-order valence-corrected chi connectivity index (χ2v) is 10.3. The second kappa shape index (κ2) is 8.06. The summed E-state index contributed by atoms with van der Waals surface area (Å²) < 4.78 is 52.7. The van der Waals surface area contributed by atoms with Crippen LogP contribution < -0.4 is 10.2 Å². The van der Waals surface area contributed by atoms with Crippen molar-refractivity contribution in [3.63, 3.8) is 0 Å². The zero-order chi connectivity index (χ0) is 24.4. The van der Waals surface area contributed by atoms with Crippen LogP contribution in [0.4, 0.5) is 8.78 Å². The van der Waals surface area contributed by atoms with Crippen molar-refractivity contribution in [3.05, 3.63) is 58.7 Å². The Morgan fingerprint density at radius 3 is 2.50 bits per heavy atom. The average Bonchev–Trinajstić information content (AvgIpc) is 3.26. The minimum atomic E-state index is -0.927. The summed E-state index contributed by atoms with van der Waals surface area (Å²) in [6, 6.07) is 8.21. The van der Waals surface area contributed by atoms with Gasteiger partial charge in [0.05, 0.1) is 29.3 Å². The first-order valence-electron chi connectivity index (χ1n) is 11.8. The molecule has 2 aromatic carbocycles. The monoisotopic (exact) mass is 470 g/mol. The lowest BCUT2D eigenvalue weighted by molar-refractivity contribution is -0.145. The predicted octanol–water partition coefficient (Wildman–Crippen LogP) is 4.29. The quantitative estimate of drug-likeness (QED) is 0.466. The van der Waals surface area contributed by atoms with E-state index in [-0.39, 0.29) is 41.4 Å². The van der Waals surface area contributed by atoms with Gasteiger partial charge in [0.1, 0.15) is 24.0 Å². The molecule has 8 heteroatoms. The Balaban J connectivity index is 1.30. The van der Waals surface area contributed by atoms with Gasteiger partial charge < -0.3 is 18.8 Å². The lowest BCUT2D eigenvalue weighted by atomic mass is 9.77. The van der Waals surface area contributed by atoms with Gasteiger partial charge in [-0.15, -0.1) is 0 Å². The van der Waals surface area contributed by atoms with Gasteiger partial charge in [-0.1, -0.05) is 12.1 Å². The van der Waals surface area contributed by atoms with E-state index in [0.717, 1.165) is 17.5 Å². The maximum Gasteiger partial charge on any atom is 0.497 e. The number of halogens is 2. The summed E-state index contributed by atoms with van der Waals surface area (Å²) in [4.78, 5) is 12.1. The van der Waals surface area contributed by atoms with Gasteiger partial charge in [0.25, 0.3) is 0 Å². The van der Waals surface area contributed by atoms with E-state index in [1.807, 2.05) is 46.8 Å². The molecule has 2 fully saturated rings. The largest absolute Gasteiger partial charge is 0.497 e. The predicted molar refractivity (Wildman–Crippen MR) is 123 cm³/mol. The maximum absolute atomic E-state index is 15.3. The Labute approximate surface area is 198 Å². The fourth-order valence-corrected chi connectivity index (χ4v) is 5.10. The standard InChI is InChI=1S/C26H29BF2O5/c1-6-31-24(30)22-17-12-14-11-15(7-8-16(14)21(17)22)32-13-18-20(28)10-9-19(23(18)29)27-33-25(2,3)26(4,5)34-27/h7-11,17,21-22H,6,12-13H2,1-5H3. The van der Waals surface area contributed by atoms with Gasteiger partial charge in [-0.2, -0.15) is 0 Å². The van der Waals surface area contributed by atoms with Crippen molar-refractivity contribution < 1.29 is 32.4 Å². The number of carbonyl (C=O) groups is 1. The van der Waals surface area contributed by atoms with Crippen molar-refractivity contribution in [2.45, 2.75) is 64.8 Å². The number of ether oxygens (including phenoxy) is 2. The van der Waals surface area contributed by atoms with E-state index in [1.54, 1.807) is 6.07 Å². The van der Waals surface area contributed by atoms with E-state index in [4.69, 9.17) is 18.8 Å². The van der Waals surface area contributed by atoms with Crippen LogP contribution in [-0.2, 0) is 31.9 Å². The Morgan fingerprint density at radius 1 is 1.12 bits per heavy atom. The van der Waals surface area contributed by atoms with E-state index in [0.29, 0.717) is 12.4 Å². The normalized spacial score (nSPS) is 25.6. The molecular formula is C26H29BF2O5. The number of hydrogen-bond donors (Lipinski definition) is 0. The molecule has 1 aliphatic heterocycles. The third kappa shape index (κ3) is 3.71. The van der Waals surface area contributed by atoms with Gasteiger partial charge in [0.15, 0.2) is 0 Å². The van der Waals surface area contributed by atoms with E-state index in [2.05, 4.69) is 0 Å². The van der Waals surface area contributed by atoms with Gasteiger partial charge in [0, 0.05) is 11.4 Å². The molecule has 5 rings (SSSR count). The minimum absolute atomic E-state index is 0.0554. The Bertz CT molecular complexity index is 1130. The molecule has 3 unspecified atom stereocenters. The minimum Gasteiger partial charge on any atom is -0.489 e. The van der Waals surface area contributed by atoms with Gasteiger partial charge in [-0.25, -0.2) is 8.78 Å². The highest BCUT2D eigenvalue weighted by molar-refractivity contribution is 6.62.